The lowest BCUT2D eigenvalue weighted by Gasteiger charge is -2.46. The molecule has 2 aromatic carbocycles. The highest BCUT2D eigenvalue weighted by Crippen LogP contribution is 2.46. The maximum Gasteiger partial charge on any atom is 0.321 e. The van der Waals surface area contributed by atoms with Gasteiger partial charge in [0.2, 0.25) is 10.0 Å². The first-order chi connectivity index (χ1) is 13.8. The van der Waals surface area contributed by atoms with Crippen molar-refractivity contribution in [3.8, 4) is 0 Å². The van der Waals surface area contributed by atoms with E-state index < -0.39 is 27.3 Å². The van der Waals surface area contributed by atoms with Crippen molar-refractivity contribution in [1.82, 2.24) is 4.31 Å². The second-order valence-electron chi connectivity index (χ2n) is 7.71. The van der Waals surface area contributed by atoms with Crippen molar-refractivity contribution in [3.63, 3.8) is 0 Å². The Balaban J connectivity index is 1.82. The number of carbonyl (C=O) groups is 2. The zero-order valence-electron chi connectivity index (χ0n) is 16.4. The van der Waals surface area contributed by atoms with Gasteiger partial charge >= 0.3 is 5.97 Å². The Bertz CT molecular complexity index is 1080. The normalized spacial score (nSPS) is 24.1. The van der Waals surface area contributed by atoms with Crippen LogP contribution in [0.3, 0.4) is 0 Å². The minimum atomic E-state index is -3.86. The van der Waals surface area contributed by atoms with Gasteiger partial charge in [-0.3, -0.25) is 9.59 Å². The van der Waals surface area contributed by atoms with E-state index in [0.29, 0.717) is 0 Å². The van der Waals surface area contributed by atoms with Gasteiger partial charge in [-0.15, -0.1) is 0 Å². The number of esters is 1. The first-order valence-electron chi connectivity index (χ1n) is 9.66. The third kappa shape index (κ3) is 3.09. The van der Waals surface area contributed by atoms with Crippen LogP contribution >= 0.6 is 0 Å². The minimum Gasteiger partial charge on any atom is -0.465 e. The molecule has 1 saturated heterocycles. The van der Waals surface area contributed by atoms with E-state index in [2.05, 4.69) is 0 Å². The molecule has 1 heterocycles. The molecule has 0 N–H and O–H groups in total. The van der Waals surface area contributed by atoms with Crippen LogP contribution in [0.1, 0.15) is 29.5 Å². The van der Waals surface area contributed by atoms with E-state index in [4.69, 9.17) is 4.74 Å². The number of Topliss-reactive ketones (excluding diaryl/α,β-unsaturated/α-hetero) is 1. The molecule has 4 rings (SSSR count). The van der Waals surface area contributed by atoms with E-state index in [9.17, 15) is 18.0 Å². The SMILES string of the molecule is CCOC(=O)C12Cc3ccccc3C(CN(S(=O)(=O)c3ccc(C)cc3)C1)C2=O. The molecular weight excluding hydrogens is 390 g/mol. The van der Waals surface area contributed by atoms with Gasteiger partial charge in [0, 0.05) is 13.1 Å². The van der Waals surface area contributed by atoms with E-state index >= 15 is 0 Å². The van der Waals surface area contributed by atoms with Crippen molar-refractivity contribution in [2.24, 2.45) is 5.41 Å². The second kappa shape index (κ2) is 7.07. The van der Waals surface area contributed by atoms with Crippen molar-refractivity contribution in [1.29, 1.82) is 0 Å². The van der Waals surface area contributed by atoms with Gasteiger partial charge in [-0.05, 0) is 43.5 Å². The number of hydrogen-bond acceptors (Lipinski definition) is 5. The summed E-state index contributed by atoms with van der Waals surface area (Å²) in [6.45, 7) is 3.51. The largest absolute Gasteiger partial charge is 0.465 e. The second-order valence-corrected chi connectivity index (χ2v) is 9.64. The topological polar surface area (TPSA) is 80.8 Å². The van der Waals surface area contributed by atoms with Crippen LogP contribution in [-0.2, 0) is 30.8 Å². The highest BCUT2D eigenvalue weighted by molar-refractivity contribution is 7.89. The number of sulfonamides is 1. The summed E-state index contributed by atoms with van der Waals surface area (Å²) in [6.07, 6.45) is 0.150. The van der Waals surface area contributed by atoms with Gasteiger partial charge in [0.05, 0.1) is 17.4 Å². The summed E-state index contributed by atoms with van der Waals surface area (Å²) in [6, 6.07) is 14.0. The molecule has 1 fully saturated rings. The van der Waals surface area contributed by atoms with Crippen LogP contribution in [0.2, 0.25) is 0 Å². The Kier molecular flexibility index (Phi) is 4.83. The molecule has 1 aliphatic heterocycles. The molecule has 1 aliphatic carbocycles. The summed E-state index contributed by atoms with van der Waals surface area (Å²) in [7, 11) is -3.86. The average molecular weight is 413 g/mol. The zero-order valence-corrected chi connectivity index (χ0v) is 17.2. The lowest BCUT2D eigenvalue weighted by atomic mass is 9.63. The number of aryl methyl sites for hydroxylation is 1. The van der Waals surface area contributed by atoms with Gasteiger partial charge in [-0.2, -0.15) is 4.31 Å². The Morgan fingerprint density at radius 1 is 1.17 bits per heavy atom. The molecule has 2 atom stereocenters. The Morgan fingerprint density at radius 2 is 1.86 bits per heavy atom. The van der Waals surface area contributed by atoms with E-state index in [1.807, 2.05) is 31.2 Å². The Hall–Kier alpha value is -2.51. The summed E-state index contributed by atoms with van der Waals surface area (Å²) in [5.41, 5.74) is 1.13. The van der Waals surface area contributed by atoms with E-state index in [1.165, 1.54) is 4.31 Å². The van der Waals surface area contributed by atoms with Gasteiger partial charge in [-0.25, -0.2) is 8.42 Å². The standard InChI is InChI=1S/C22H23NO5S/c1-3-28-21(25)22-12-16-6-4-5-7-18(16)19(20(22)24)13-23(14-22)29(26,27)17-10-8-15(2)9-11-17/h4-11,19H,3,12-14H2,1-2H3. The number of piperidine rings is 1. The van der Waals surface area contributed by atoms with Gasteiger partial charge < -0.3 is 4.74 Å². The number of ether oxygens (including phenoxy) is 1. The van der Waals surface area contributed by atoms with Crippen LogP contribution in [0.25, 0.3) is 0 Å². The molecule has 0 saturated carbocycles. The number of benzene rings is 2. The number of carbonyl (C=O) groups excluding carboxylic acids is 2. The summed E-state index contributed by atoms with van der Waals surface area (Å²) >= 11 is 0. The molecule has 0 amide bonds. The fraction of sp³-hybridized carbons (Fsp3) is 0.364. The molecule has 2 bridgehead atoms. The van der Waals surface area contributed by atoms with Crippen LogP contribution in [0, 0.1) is 12.3 Å². The smallest absolute Gasteiger partial charge is 0.321 e. The first-order valence-corrected chi connectivity index (χ1v) is 11.1. The molecule has 6 nitrogen and oxygen atoms in total. The fourth-order valence-corrected chi connectivity index (χ4v) is 5.87. The van der Waals surface area contributed by atoms with Crippen LogP contribution in [0.4, 0.5) is 0 Å². The van der Waals surface area contributed by atoms with Crippen molar-refractivity contribution in [3.05, 3.63) is 65.2 Å². The van der Waals surface area contributed by atoms with Gasteiger partial charge in [0.25, 0.3) is 0 Å². The van der Waals surface area contributed by atoms with E-state index in [0.717, 1.165) is 16.7 Å². The monoisotopic (exact) mass is 413 g/mol. The van der Waals surface area contributed by atoms with Crippen molar-refractivity contribution in [2.75, 3.05) is 19.7 Å². The Labute approximate surface area is 170 Å². The molecule has 2 unspecified atom stereocenters. The molecule has 0 spiro atoms. The molecule has 7 heteroatoms. The number of hydrogen-bond donors (Lipinski definition) is 0. The van der Waals surface area contributed by atoms with Gasteiger partial charge in [-0.1, -0.05) is 42.0 Å². The maximum absolute atomic E-state index is 13.3. The molecule has 0 radical (unpaired) electrons. The van der Waals surface area contributed by atoms with Crippen LogP contribution in [0.15, 0.2) is 53.4 Å². The third-order valence-corrected chi connectivity index (χ3v) is 7.69. The van der Waals surface area contributed by atoms with Gasteiger partial charge in [0.15, 0.2) is 5.78 Å². The van der Waals surface area contributed by atoms with Crippen LogP contribution < -0.4 is 0 Å². The molecular formula is C22H23NO5S. The van der Waals surface area contributed by atoms with E-state index in [1.54, 1.807) is 31.2 Å². The average Bonchev–Trinajstić information content (AvgIpc) is 2.69. The number of fused-ring (bicyclic) bond motifs is 4. The zero-order chi connectivity index (χ0) is 20.8. The fourth-order valence-electron chi connectivity index (χ4n) is 4.36. The maximum atomic E-state index is 13.3. The molecule has 2 aliphatic rings. The van der Waals surface area contributed by atoms with Crippen molar-refractivity contribution < 1.29 is 22.7 Å². The molecule has 152 valence electrons. The lowest BCUT2D eigenvalue weighted by Crippen LogP contribution is -2.61. The Morgan fingerprint density at radius 3 is 2.55 bits per heavy atom. The predicted molar refractivity (Wildman–Crippen MR) is 107 cm³/mol. The molecule has 29 heavy (non-hydrogen) atoms. The first kappa shape index (κ1) is 19.8. The predicted octanol–water partition coefficient (Wildman–Crippen LogP) is 2.46. The third-order valence-electron chi connectivity index (χ3n) is 5.87. The summed E-state index contributed by atoms with van der Waals surface area (Å²) in [5.74, 6) is -1.57. The quantitative estimate of drug-likeness (QED) is 0.568. The van der Waals surface area contributed by atoms with Crippen molar-refractivity contribution in [2.45, 2.75) is 31.1 Å². The van der Waals surface area contributed by atoms with Crippen molar-refractivity contribution >= 4 is 21.8 Å². The lowest BCUT2D eigenvalue weighted by molar-refractivity contribution is -0.164. The molecule has 0 aromatic heterocycles. The minimum absolute atomic E-state index is 0.0210. The highest BCUT2D eigenvalue weighted by atomic mass is 32.2. The number of nitrogens with zero attached hydrogens (tertiary/aromatic N) is 1. The van der Waals surface area contributed by atoms with Crippen LogP contribution in [0.5, 0.6) is 0 Å². The summed E-state index contributed by atoms with van der Waals surface area (Å²) < 4.78 is 33.2. The highest BCUT2D eigenvalue weighted by Gasteiger charge is 2.59. The molecule has 2 aromatic rings. The number of ketones is 1. The number of rotatable bonds is 4. The van der Waals surface area contributed by atoms with Crippen LogP contribution in [-0.4, -0.2) is 44.2 Å². The van der Waals surface area contributed by atoms with E-state index in [-0.39, 0.29) is 36.8 Å². The van der Waals surface area contributed by atoms with Gasteiger partial charge in [0.1, 0.15) is 5.41 Å². The summed E-state index contributed by atoms with van der Waals surface area (Å²) in [5, 5.41) is 0. The summed E-state index contributed by atoms with van der Waals surface area (Å²) in [4.78, 5) is 26.4.